The zero-order valence-electron chi connectivity index (χ0n) is 11.9. The van der Waals surface area contributed by atoms with Gasteiger partial charge in [-0.25, -0.2) is 0 Å². The van der Waals surface area contributed by atoms with Gasteiger partial charge >= 0.3 is 0 Å². The van der Waals surface area contributed by atoms with Crippen molar-refractivity contribution in [3.05, 3.63) is 33.9 Å². The summed E-state index contributed by atoms with van der Waals surface area (Å²) in [6.45, 7) is 3.67. The van der Waals surface area contributed by atoms with Crippen molar-refractivity contribution >= 4 is 17.3 Å². The van der Waals surface area contributed by atoms with E-state index >= 15 is 0 Å². The van der Waals surface area contributed by atoms with Crippen molar-refractivity contribution in [3.8, 4) is 0 Å². The van der Waals surface area contributed by atoms with Crippen molar-refractivity contribution < 1.29 is 14.5 Å². The molecule has 1 aliphatic rings. The number of hydrogen-bond acceptors (Lipinski definition) is 5. The van der Waals surface area contributed by atoms with Crippen LogP contribution in [-0.2, 0) is 4.74 Å². The summed E-state index contributed by atoms with van der Waals surface area (Å²) in [5.41, 5.74) is 0.559. The second-order valence-corrected chi connectivity index (χ2v) is 4.86. The summed E-state index contributed by atoms with van der Waals surface area (Å²) in [4.78, 5) is 22.7. The van der Waals surface area contributed by atoms with E-state index in [9.17, 15) is 14.9 Å². The van der Waals surface area contributed by atoms with Crippen LogP contribution in [0, 0.1) is 10.1 Å². The minimum atomic E-state index is -0.545. The van der Waals surface area contributed by atoms with Crippen LogP contribution in [0.15, 0.2) is 18.2 Å². The lowest BCUT2D eigenvalue weighted by atomic mass is 10.1. The predicted octanol–water partition coefficient (Wildman–Crippen LogP) is 1.94. The molecule has 1 aliphatic heterocycles. The summed E-state index contributed by atoms with van der Waals surface area (Å²) in [6, 6.07) is 4.45. The number of carbonyl (C=O) groups is 1. The number of benzene rings is 1. The summed E-state index contributed by atoms with van der Waals surface area (Å²) < 4.78 is 5.42. The summed E-state index contributed by atoms with van der Waals surface area (Å²) in [5.74, 6) is -0.447. The summed E-state index contributed by atoms with van der Waals surface area (Å²) in [7, 11) is 0. The van der Waals surface area contributed by atoms with Gasteiger partial charge in [0.05, 0.1) is 11.0 Å². The van der Waals surface area contributed by atoms with Crippen LogP contribution in [0.4, 0.5) is 11.4 Å². The van der Waals surface area contributed by atoms with Gasteiger partial charge in [0.25, 0.3) is 11.6 Å². The SMILES string of the molecule is CCNc1ccc([N+](=O)[O-])c(C(=O)NCC2CCCO2)c1. The first-order valence-electron chi connectivity index (χ1n) is 7.04. The molecule has 114 valence electrons. The lowest BCUT2D eigenvalue weighted by molar-refractivity contribution is -0.385. The molecule has 7 nitrogen and oxygen atoms in total. The van der Waals surface area contributed by atoms with Crippen molar-refractivity contribution in [2.75, 3.05) is 25.0 Å². The normalized spacial score (nSPS) is 17.5. The Morgan fingerprint density at radius 2 is 2.33 bits per heavy atom. The molecule has 0 aromatic heterocycles. The van der Waals surface area contributed by atoms with E-state index in [0.29, 0.717) is 25.4 Å². The lowest BCUT2D eigenvalue weighted by Gasteiger charge is -2.12. The van der Waals surface area contributed by atoms with Crippen molar-refractivity contribution in [3.63, 3.8) is 0 Å². The van der Waals surface area contributed by atoms with Gasteiger partial charge < -0.3 is 15.4 Å². The van der Waals surface area contributed by atoms with E-state index in [-0.39, 0.29) is 17.4 Å². The molecule has 1 saturated heterocycles. The molecule has 0 radical (unpaired) electrons. The van der Waals surface area contributed by atoms with Crippen molar-refractivity contribution in [2.45, 2.75) is 25.9 Å². The van der Waals surface area contributed by atoms with Crippen molar-refractivity contribution in [2.24, 2.45) is 0 Å². The minimum Gasteiger partial charge on any atom is -0.385 e. The number of nitro benzene ring substituents is 1. The van der Waals surface area contributed by atoms with Crippen LogP contribution < -0.4 is 10.6 Å². The predicted molar refractivity (Wildman–Crippen MR) is 78.6 cm³/mol. The molecule has 0 saturated carbocycles. The third kappa shape index (κ3) is 3.91. The molecule has 1 unspecified atom stereocenters. The molecular formula is C14H19N3O4. The Bertz CT molecular complexity index is 527. The van der Waals surface area contributed by atoms with Crippen LogP contribution in [0.1, 0.15) is 30.1 Å². The van der Waals surface area contributed by atoms with Gasteiger partial charge in [-0.3, -0.25) is 14.9 Å². The number of anilines is 1. The zero-order chi connectivity index (χ0) is 15.2. The first kappa shape index (κ1) is 15.2. The highest BCUT2D eigenvalue weighted by Crippen LogP contribution is 2.23. The number of carbonyl (C=O) groups excluding carboxylic acids is 1. The topological polar surface area (TPSA) is 93.5 Å². The number of amides is 1. The van der Waals surface area contributed by atoms with Gasteiger partial charge in [-0.15, -0.1) is 0 Å². The van der Waals surface area contributed by atoms with Crippen molar-refractivity contribution in [1.29, 1.82) is 0 Å². The molecule has 21 heavy (non-hydrogen) atoms. The van der Waals surface area contributed by atoms with E-state index in [0.717, 1.165) is 12.8 Å². The third-order valence-electron chi connectivity index (χ3n) is 3.33. The number of hydrogen-bond donors (Lipinski definition) is 2. The molecule has 0 bridgehead atoms. The zero-order valence-corrected chi connectivity index (χ0v) is 11.9. The van der Waals surface area contributed by atoms with Crippen LogP contribution in [0.25, 0.3) is 0 Å². The van der Waals surface area contributed by atoms with Crippen LogP contribution in [-0.4, -0.2) is 36.6 Å². The molecule has 2 rings (SSSR count). The van der Waals surface area contributed by atoms with Gasteiger partial charge in [0.15, 0.2) is 0 Å². The van der Waals surface area contributed by atoms with E-state index in [1.807, 2.05) is 6.92 Å². The highest BCUT2D eigenvalue weighted by atomic mass is 16.6. The molecule has 7 heteroatoms. The number of rotatable bonds is 6. The van der Waals surface area contributed by atoms with Gasteiger partial charge in [-0.1, -0.05) is 0 Å². The second-order valence-electron chi connectivity index (χ2n) is 4.86. The van der Waals surface area contributed by atoms with E-state index in [1.165, 1.54) is 12.1 Å². The molecule has 0 spiro atoms. The molecule has 1 heterocycles. The third-order valence-corrected chi connectivity index (χ3v) is 3.33. The van der Waals surface area contributed by atoms with Crippen molar-refractivity contribution in [1.82, 2.24) is 5.32 Å². The quantitative estimate of drug-likeness (QED) is 0.617. The molecule has 1 amide bonds. The average Bonchev–Trinajstić information content (AvgIpc) is 2.98. The number of nitrogens with one attached hydrogen (secondary N) is 2. The fourth-order valence-electron chi connectivity index (χ4n) is 2.30. The van der Waals surface area contributed by atoms with Crippen LogP contribution in [0.2, 0.25) is 0 Å². The monoisotopic (exact) mass is 293 g/mol. The average molecular weight is 293 g/mol. The Hall–Kier alpha value is -2.15. The van der Waals surface area contributed by atoms with E-state index < -0.39 is 10.8 Å². The maximum Gasteiger partial charge on any atom is 0.282 e. The lowest BCUT2D eigenvalue weighted by Crippen LogP contribution is -2.32. The Balaban J connectivity index is 2.12. The van der Waals surface area contributed by atoms with Gasteiger partial charge in [-0.05, 0) is 31.9 Å². The summed E-state index contributed by atoms with van der Waals surface area (Å²) >= 11 is 0. The standard InChI is InChI=1S/C14H19N3O4/c1-2-15-10-5-6-13(17(19)20)12(8-10)14(18)16-9-11-4-3-7-21-11/h5-6,8,11,15H,2-4,7,9H2,1H3,(H,16,18). The molecular weight excluding hydrogens is 274 g/mol. The molecule has 1 aromatic carbocycles. The van der Waals surface area contributed by atoms with Crippen LogP contribution in [0.5, 0.6) is 0 Å². The fraction of sp³-hybridized carbons (Fsp3) is 0.500. The number of nitrogens with zero attached hydrogens (tertiary/aromatic N) is 1. The number of ether oxygens (including phenoxy) is 1. The van der Waals surface area contributed by atoms with E-state index in [2.05, 4.69) is 10.6 Å². The van der Waals surface area contributed by atoms with Crippen LogP contribution >= 0.6 is 0 Å². The fourth-order valence-corrected chi connectivity index (χ4v) is 2.30. The first-order chi connectivity index (χ1) is 10.1. The summed E-state index contributed by atoms with van der Waals surface area (Å²) in [6.07, 6.45) is 1.89. The van der Waals surface area contributed by atoms with E-state index in [1.54, 1.807) is 6.07 Å². The maximum absolute atomic E-state index is 12.2. The van der Waals surface area contributed by atoms with Crippen LogP contribution in [0.3, 0.4) is 0 Å². The highest BCUT2D eigenvalue weighted by molar-refractivity contribution is 5.99. The first-order valence-corrected chi connectivity index (χ1v) is 7.04. The molecule has 1 atom stereocenters. The largest absolute Gasteiger partial charge is 0.385 e. The Kier molecular flexibility index (Phi) is 5.10. The van der Waals surface area contributed by atoms with E-state index in [4.69, 9.17) is 4.74 Å². The molecule has 1 aromatic rings. The van der Waals surface area contributed by atoms with Gasteiger partial charge in [0.1, 0.15) is 5.56 Å². The Morgan fingerprint density at radius 1 is 1.52 bits per heavy atom. The summed E-state index contributed by atoms with van der Waals surface area (Å²) in [5, 5.41) is 16.8. The minimum absolute atomic E-state index is 0.00459. The Morgan fingerprint density at radius 3 is 2.95 bits per heavy atom. The van der Waals surface area contributed by atoms with Gasteiger partial charge in [0, 0.05) is 31.5 Å². The Labute approximate surface area is 122 Å². The second kappa shape index (κ2) is 7.03. The molecule has 0 aliphatic carbocycles. The van der Waals surface area contributed by atoms with Gasteiger partial charge in [0.2, 0.25) is 0 Å². The maximum atomic E-state index is 12.2. The highest BCUT2D eigenvalue weighted by Gasteiger charge is 2.22. The van der Waals surface area contributed by atoms with Gasteiger partial charge in [-0.2, -0.15) is 0 Å². The molecule has 1 fully saturated rings. The number of nitro groups is 1. The molecule has 2 N–H and O–H groups in total. The smallest absolute Gasteiger partial charge is 0.282 e.